The monoisotopic (exact) mass is 277 g/mol. The van der Waals surface area contributed by atoms with Gasteiger partial charge in [-0.15, -0.1) is 12.4 Å². The fourth-order valence-electron chi connectivity index (χ4n) is 3.09. The molecular formula is C12H14Cl3N. The first-order valence-corrected chi connectivity index (χ1v) is 6.10. The van der Waals surface area contributed by atoms with Gasteiger partial charge in [0.15, 0.2) is 0 Å². The van der Waals surface area contributed by atoms with Gasteiger partial charge in [0.2, 0.25) is 0 Å². The largest absolute Gasteiger partial charge is 0.327 e. The molecule has 1 aromatic carbocycles. The lowest BCUT2D eigenvalue weighted by Crippen LogP contribution is -2.19. The summed E-state index contributed by atoms with van der Waals surface area (Å²) >= 11 is 12.0. The van der Waals surface area contributed by atoms with Gasteiger partial charge in [0.25, 0.3) is 0 Å². The lowest BCUT2D eigenvalue weighted by Gasteiger charge is -2.12. The lowest BCUT2D eigenvalue weighted by molar-refractivity contribution is 0.613. The molecule has 0 spiro atoms. The SMILES string of the molecule is Cl.NC1CCC2(c3ccc(Cl)c(Cl)c3)CC12. The molecule has 0 heterocycles. The van der Waals surface area contributed by atoms with Crippen LogP contribution in [0.3, 0.4) is 0 Å². The predicted octanol–water partition coefficient (Wildman–Crippen LogP) is 3.79. The van der Waals surface area contributed by atoms with E-state index in [1.54, 1.807) is 0 Å². The van der Waals surface area contributed by atoms with Crippen molar-refractivity contribution in [3.63, 3.8) is 0 Å². The Morgan fingerprint density at radius 2 is 2.00 bits per heavy atom. The van der Waals surface area contributed by atoms with Crippen LogP contribution < -0.4 is 5.73 Å². The molecule has 0 aliphatic heterocycles. The highest BCUT2D eigenvalue weighted by molar-refractivity contribution is 6.42. The summed E-state index contributed by atoms with van der Waals surface area (Å²) in [5, 5.41) is 1.30. The Morgan fingerprint density at radius 3 is 2.50 bits per heavy atom. The third-order valence-electron chi connectivity index (χ3n) is 4.07. The van der Waals surface area contributed by atoms with Crippen LogP contribution >= 0.6 is 35.6 Å². The molecule has 2 aliphatic rings. The van der Waals surface area contributed by atoms with Crippen LogP contribution in [0, 0.1) is 5.92 Å². The summed E-state index contributed by atoms with van der Waals surface area (Å²) in [7, 11) is 0. The third-order valence-corrected chi connectivity index (χ3v) is 4.81. The molecule has 2 saturated carbocycles. The van der Waals surface area contributed by atoms with Gasteiger partial charge < -0.3 is 5.73 Å². The fraction of sp³-hybridized carbons (Fsp3) is 0.500. The zero-order chi connectivity index (χ0) is 10.6. The molecule has 0 amide bonds. The number of benzene rings is 1. The van der Waals surface area contributed by atoms with E-state index in [9.17, 15) is 0 Å². The maximum absolute atomic E-state index is 6.05. The Hall–Kier alpha value is 0.0500. The minimum atomic E-state index is 0. The molecule has 2 aliphatic carbocycles. The first-order chi connectivity index (χ1) is 7.13. The van der Waals surface area contributed by atoms with E-state index in [-0.39, 0.29) is 12.4 Å². The van der Waals surface area contributed by atoms with Gasteiger partial charge in [0.1, 0.15) is 0 Å². The van der Waals surface area contributed by atoms with Crippen LogP contribution in [0.5, 0.6) is 0 Å². The number of hydrogen-bond acceptors (Lipinski definition) is 1. The molecule has 2 fully saturated rings. The van der Waals surface area contributed by atoms with Crippen molar-refractivity contribution in [1.29, 1.82) is 0 Å². The predicted molar refractivity (Wildman–Crippen MR) is 70.7 cm³/mol. The highest BCUT2D eigenvalue weighted by Crippen LogP contribution is 2.64. The van der Waals surface area contributed by atoms with E-state index in [1.165, 1.54) is 18.4 Å². The Kier molecular flexibility index (Phi) is 3.17. The zero-order valence-electron chi connectivity index (χ0n) is 8.75. The van der Waals surface area contributed by atoms with Crippen LogP contribution in [0.2, 0.25) is 10.0 Å². The first kappa shape index (κ1) is 12.5. The molecule has 0 saturated heterocycles. The molecule has 0 aromatic heterocycles. The zero-order valence-corrected chi connectivity index (χ0v) is 11.1. The Morgan fingerprint density at radius 1 is 1.25 bits per heavy atom. The maximum atomic E-state index is 6.05. The summed E-state index contributed by atoms with van der Waals surface area (Å²) < 4.78 is 0. The van der Waals surface area contributed by atoms with Crippen molar-refractivity contribution < 1.29 is 0 Å². The fourth-order valence-corrected chi connectivity index (χ4v) is 3.39. The molecule has 3 rings (SSSR count). The summed E-state index contributed by atoms with van der Waals surface area (Å²) in [6, 6.07) is 6.40. The summed E-state index contributed by atoms with van der Waals surface area (Å²) in [5.41, 5.74) is 7.72. The quantitative estimate of drug-likeness (QED) is 0.831. The van der Waals surface area contributed by atoms with Crippen LogP contribution in [0.4, 0.5) is 0 Å². The molecule has 88 valence electrons. The van der Waals surface area contributed by atoms with Gasteiger partial charge in [-0.3, -0.25) is 0 Å². The number of hydrogen-bond donors (Lipinski definition) is 1. The molecule has 3 atom stereocenters. The van der Waals surface area contributed by atoms with Gasteiger partial charge in [0.05, 0.1) is 10.0 Å². The van der Waals surface area contributed by atoms with E-state index in [0.717, 1.165) is 6.42 Å². The van der Waals surface area contributed by atoms with Crippen LogP contribution in [-0.2, 0) is 5.41 Å². The van der Waals surface area contributed by atoms with Crippen molar-refractivity contribution in [3.8, 4) is 0 Å². The normalized spacial score (nSPS) is 35.4. The number of nitrogens with two attached hydrogens (primary N) is 1. The molecule has 0 bridgehead atoms. The second-order valence-corrected chi connectivity index (χ2v) is 5.61. The lowest BCUT2D eigenvalue weighted by atomic mass is 9.93. The summed E-state index contributed by atoms with van der Waals surface area (Å²) in [5.74, 6) is 0.676. The molecule has 3 unspecified atom stereocenters. The van der Waals surface area contributed by atoms with Gasteiger partial charge in [-0.25, -0.2) is 0 Å². The third kappa shape index (κ3) is 1.65. The van der Waals surface area contributed by atoms with Crippen LogP contribution in [-0.4, -0.2) is 6.04 Å². The van der Waals surface area contributed by atoms with Gasteiger partial charge in [-0.2, -0.15) is 0 Å². The van der Waals surface area contributed by atoms with E-state index in [2.05, 4.69) is 6.07 Å². The number of rotatable bonds is 1. The summed E-state index contributed by atoms with van der Waals surface area (Å²) in [4.78, 5) is 0. The second-order valence-electron chi connectivity index (χ2n) is 4.80. The van der Waals surface area contributed by atoms with Gasteiger partial charge in [0, 0.05) is 11.5 Å². The minimum absolute atomic E-state index is 0. The van der Waals surface area contributed by atoms with Crippen molar-refractivity contribution in [1.82, 2.24) is 0 Å². The van der Waals surface area contributed by atoms with E-state index >= 15 is 0 Å². The maximum Gasteiger partial charge on any atom is 0.0595 e. The standard InChI is InChI=1S/C12H13Cl2N.ClH/c13-9-2-1-7(5-10(9)14)12-4-3-11(15)8(12)6-12;/h1-2,5,8,11H,3-4,6,15H2;1H. The Labute approximate surface area is 112 Å². The van der Waals surface area contributed by atoms with Gasteiger partial charge in [-0.05, 0) is 42.9 Å². The van der Waals surface area contributed by atoms with Crippen LogP contribution in [0.25, 0.3) is 0 Å². The molecular weight excluding hydrogens is 264 g/mol. The van der Waals surface area contributed by atoms with Gasteiger partial charge >= 0.3 is 0 Å². The molecule has 2 N–H and O–H groups in total. The van der Waals surface area contributed by atoms with E-state index in [1.807, 2.05) is 12.1 Å². The van der Waals surface area contributed by atoms with Crippen molar-refractivity contribution in [2.75, 3.05) is 0 Å². The average Bonchev–Trinajstić information content (AvgIpc) is 2.88. The van der Waals surface area contributed by atoms with Crippen LogP contribution in [0.15, 0.2) is 18.2 Å². The van der Waals surface area contributed by atoms with Crippen molar-refractivity contribution in [2.45, 2.75) is 30.7 Å². The smallest absolute Gasteiger partial charge is 0.0595 e. The molecule has 4 heteroatoms. The molecule has 0 radical (unpaired) electrons. The highest BCUT2D eigenvalue weighted by atomic mass is 35.5. The van der Waals surface area contributed by atoms with E-state index < -0.39 is 0 Å². The first-order valence-electron chi connectivity index (χ1n) is 5.34. The van der Waals surface area contributed by atoms with E-state index in [0.29, 0.717) is 27.4 Å². The number of halogens is 3. The van der Waals surface area contributed by atoms with Gasteiger partial charge in [-0.1, -0.05) is 29.3 Å². The summed E-state index contributed by atoms with van der Waals surface area (Å²) in [6.07, 6.45) is 3.58. The molecule has 16 heavy (non-hydrogen) atoms. The van der Waals surface area contributed by atoms with Crippen molar-refractivity contribution in [2.24, 2.45) is 11.7 Å². The average molecular weight is 279 g/mol. The number of fused-ring (bicyclic) bond motifs is 1. The van der Waals surface area contributed by atoms with Crippen LogP contribution in [0.1, 0.15) is 24.8 Å². The van der Waals surface area contributed by atoms with Crippen molar-refractivity contribution >= 4 is 35.6 Å². The summed E-state index contributed by atoms with van der Waals surface area (Å²) in [6.45, 7) is 0. The Balaban J connectivity index is 0.000000963. The molecule has 1 nitrogen and oxygen atoms in total. The molecule has 1 aromatic rings. The Bertz CT molecular complexity index is 421. The van der Waals surface area contributed by atoms with Crippen molar-refractivity contribution in [3.05, 3.63) is 33.8 Å². The highest BCUT2D eigenvalue weighted by Gasteiger charge is 2.61. The van der Waals surface area contributed by atoms with E-state index in [4.69, 9.17) is 28.9 Å². The minimum Gasteiger partial charge on any atom is -0.327 e. The second kappa shape index (κ2) is 4.06. The topological polar surface area (TPSA) is 26.0 Å².